The summed E-state index contributed by atoms with van der Waals surface area (Å²) in [5, 5.41) is 3.46. The van der Waals surface area contributed by atoms with Crippen LogP contribution in [0.2, 0.25) is 5.02 Å². The number of rotatable bonds is 2. The van der Waals surface area contributed by atoms with Gasteiger partial charge in [0, 0.05) is 22.6 Å². The lowest BCUT2D eigenvalue weighted by molar-refractivity contribution is 0.102. The average Bonchev–Trinajstić information content (AvgIpc) is 2.70. The first-order valence-corrected chi connectivity index (χ1v) is 5.67. The van der Waals surface area contributed by atoms with E-state index in [9.17, 15) is 4.79 Å². The molecule has 0 atom stereocenters. The summed E-state index contributed by atoms with van der Waals surface area (Å²) in [5.74, 6) is -0.135. The Balaban J connectivity index is 2.19. The number of hydrogen-bond donors (Lipinski definition) is 2. The summed E-state index contributed by atoms with van der Waals surface area (Å²) in [6, 6.07) is 7.21. The lowest BCUT2D eigenvalue weighted by Gasteiger charge is -2.06. The Morgan fingerprint density at radius 3 is 2.65 bits per heavy atom. The second-order valence-electron chi connectivity index (χ2n) is 3.93. The number of hydrogen-bond acceptors (Lipinski definition) is 1. The van der Waals surface area contributed by atoms with Gasteiger partial charge in [-0.1, -0.05) is 17.7 Å². The molecule has 3 nitrogen and oxygen atoms in total. The molecule has 1 aromatic heterocycles. The highest BCUT2D eigenvalue weighted by molar-refractivity contribution is 6.31. The molecule has 17 heavy (non-hydrogen) atoms. The highest BCUT2D eigenvalue weighted by Gasteiger charge is 2.10. The van der Waals surface area contributed by atoms with E-state index in [0.717, 1.165) is 11.3 Å². The number of aromatic nitrogens is 1. The summed E-state index contributed by atoms with van der Waals surface area (Å²) in [6.45, 7) is 3.78. The first-order valence-electron chi connectivity index (χ1n) is 5.29. The summed E-state index contributed by atoms with van der Waals surface area (Å²) in [5.41, 5.74) is 3.18. The number of carbonyl (C=O) groups is 1. The first kappa shape index (κ1) is 11.7. The molecule has 4 heteroatoms. The molecule has 0 fully saturated rings. The normalized spacial score (nSPS) is 10.3. The molecule has 0 bridgehead atoms. The van der Waals surface area contributed by atoms with Crippen molar-refractivity contribution in [3.05, 3.63) is 52.3 Å². The van der Waals surface area contributed by atoms with Crippen LogP contribution in [0.5, 0.6) is 0 Å². The topological polar surface area (TPSA) is 44.9 Å². The van der Waals surface area contributed by atoms with Crippen LogP contribution in [0.15, 0.2) is 30.5 Å². The molecule has 88 valence electrons. The highest BCUT2D eigenvalue weighted by Crippen LogP contribution is 2.20. The van der Waals surface area contributed by atoms with Crippen molar-refractivity contribution >= 4 is 23.2 Å². The summed E-state index contributed by atoms with van der Waals surface area (Å²) in [6.07, 6.45) is 1.74. The zero-order valence-corrected chi connectivity index (χ0v) is 10.4. The van der Waals surface area contributed by atoms with Gasteiger partial charge >= 0.3 is 0 Å². The van der Waals surface area contributed by atoms with Gasteiger partial charge in [0.05, 0.1) is 5.56 Å². The number of anilines is 1. The fourth-order valence-corrected chi connectivity index (χ4v) is 1.75. The van der Waals surface area contributed by atoms with Crippen molar-refractivity contribution in [2.75, 3.05) is 5.32 Å². The first-order chi connectivity index (χ1) is 8.08. The summed E-state index contributed by atoms with van der Waals surface area (Å²) in [4.78, 5) is 14.9. The monoisotopic (exact) mass is 248 g/mol. The molecule has 2 aromatic rings. The minimum Gasteiger partial charge on any atom is -0.365 e. The van der Waals surface area contributed by atoms with Gasteiger partial charge in [0.25, 0.3) is 5.91 Å². The highest BCUT2D eigenvalue weighted by atomic mass is 35.5. The van der Waals surface area contributed by atoms with Crippen LogP contribution < -0.4 is 5.32 Å². The lowest BCUT2D eigenvalue weighted by Crippen LogP contribution is -2.12. The third kappa shape index (κ3) is 2.50. The number of benzene rings is 1. The van der Waals surface area contributed by atoms with Gasteiger partial charge in [-0.3, -0.25) is 4.79 Å². The van der Waals surface area contributed by atoms with Crippen molar-refractivity contribution in [2.24, 2.45) is 0 Å². The molecular formula is C13H13ClN2O. The van der Waals surface area contributed by atoms with Crippen LogP contribution in [-0.2, 0) is 0 Å². The van der Waals surface area contributed by atoms with Crippen molar-refractivity contribution in [3.8, 4) is 0 Å². The Kier molecular flexibility index (Phi) is 3.20. The van der Waals surface area contributed by atoms with E-state index >= 15 is 0 Å². The number of H-pyrrole nitrogens is 1. The SMILES string of the molecule is Cc1ccc(NC(=O)c2cc[nH]c2C)cc1Cl. The third-order valence-electron chi connectivity index (χ3n) is 2.63. The zero-order valence-electron chi connectivity index (χ0n) is 9.67. The van der Waals surface area contributed by atoms with E-state index < -0.39 is 0 Å². The van der Waals surface area contributed by atoms with Gasteiger partial charge in [0.2, 0.25) is 0 Å². The Morgan fingerprint density at radius 2 is 2.06 bits per heavy atom. The van der Waals surface area contributed by atoms with Crippen molar-refractivity contribution in [3.63, 3.8) is 0 Å². The molecule has 0 aliphatic heterocycles. The van der Waals surface area contributed by atoms with Gasteiger partial charge < -0.3 is 10.3 Å². The predicted octanol–water partition coefficient (Wildman–Crippen LogP) is 3.54. The molecule has 1 aromatic carbocycles. The molecule has 2 rings (SSSR count). The number of nitrogens with one attached hydrogen (secondary N) is 2. The average molecular weight is 249 g/mol. The Bertz CT molecular complexity index is 560. The molecule has 1 amide bonds. The van der Waals surface area contributed by atoms with Gasteiger partial charge in [-0.15, -0.1) is 0 Å². The van der Waals surface area contributed by atoms with Crippen molar-refractivity contribution < 1.29 is 4.79 Å². The van der Waals surface area contributed by atoms with Gasteiger partial charge in [-0.25, -0.2) is 0 Å². The van der Waals surface area contributed by atoms with Crippen LogP contribution in [0, 0.1) is 13.8 Å². The maximum atomic E-state index is 11.9. The second kappa shape index (κ2) is 4.63. The zero-order chi connectivity index (χ0) is 12.4. The molecule has 0 saturated carbocycles. The maximum absolute atomic E-state index is 11.9. The van der Waals surface area contributed by atoms with Gasteiger partial charge in [-0.05, 0) is 37.6 Å². The molecular weight excluding hydrogens is 236 g/mol. The molecule has 2 N–H and O–H groups in total. The van der Waals surface area contributed by atoms with E-state index in [-0.39, 0.29) is 5.91 Å². The fraction of sp³-hybridized carbons (Fsp3) is 0.154. The van der Waals surface area contributed by atoms with Crippen LogP contribution in [0.1, 0.15) is 21.6 Å². The van der Waals surface area contributed by atoms with Gasteiger partial charge in [-0.2, -0.15) is 0 Å². The largest absolute Gasteiger partial charge is 0.365 e. The third-order valence-corrected chi connectivity index (χ3v) is 3.04. The Hall–Kier alpha value is -1.74. The van der Waals surface area contributed by atoms with E-state index in [1.165, 1.54) is 0 Å². The number of aryl methyl sites for hydroxylation is 2. The molecule has 0 aliphatic carbocycles. The molecule has 0 radical (unpaired) electrons. The van der Waals surface area contributed by atoms with Crippen LogP contribution >= 0.6 is 11.6 Å². The molecule has 0 saturated heterocycles. The van der Waals surface area contributed by atoms with Crippen LogP contribution in [0.3, 0.4) is 0 Å². The minimum absolute atomic E-state index is 0.135. The molecule has 0 aliphatic rings. The van der Waals surface area contributed by atoms with E-state index in [4.69, 9.17) is 11.6 Å². The Labute approximate surface area is 105 Å². The van der Waals surface area contributed by atoms with Crippen LogP contribution in [-0.4, -0.2) is 10.9 Å². The van der Waals surface area contributed by atoms with E-state index in [1.54, 1.807) is 18.3 Å². The van der Waals surface area contributed by atoms with E-state index in [2.05, 4.69) is 10.3 Å². The van der Waals surface area contributed by atoms with Gasteiger partial charge in [0.15, 0.2) is 0 Å². The maximum Gasteiger partial charge on any atom is 0.257 e. The Morgan fingerprint density at radius 1 is 1.29 bits per heavy atom. The van der Waals surface area contributed by atoms with Gasteiger partial charge in [0.1, 0.15) is 0 Å². The molecule has 0 unspecified atom stereocenters. The number of halogens is 1. The number of amides is 1. The van der Waals surface area contributed by atoms with Crippen LogP contribution in [0.4, 0.5) is 5.69 Å². The fourth-order valence-electron chi connectivity index (χ4n) is 1.57. The second-order valence-corrected chi connectivity index (χ2v) is 4.34. The summed E-state index contributed by atoms with van der Waals surface area (Å²) < 4.78 is 0. The quantitative estimate of drug-likeness (QED) is 0.839. The standard InChI is InChI=1S/C13H13ClN2O/c1-8-3-4-10(7-12(8)14)16-13(17)11-5-6-15-9(11)2/h3-7,15H,1-2H3,(H,16,17). The number of carbonyl (C=O) groups excluding carboxylic acids is 1. The smallest absolute Gasteiger partial charge is 0.257 e. The number of aromatic amines is 1. The molecule has 1 heterocycles. The van der Waals surface area contributed by atoms with E-state index in [0.29, 0.717) is 16.3 Å². The van der Waals surface area contributed by atoms with Crippen molar-refractivity contribution in [1.29, 1.82) is 0 Å². The molecule has 0 spiro atoms. The van der Waals surface area contributed by atoms with Crippen LogP contribution in [0.25, 0.3) is 0 Å². The van der Waals surface area contributed by atoms with E-state index in [1.807, 2.05) is 26.0 Å². The summed E-state index contributed by atoms with van der Waals surface area (Å²) >= 11 is 6.00. The predicted molar refractivity (Wildman–Crippen MR) is 69.7 cm³/mol. The van der Waals surface area contributed by atoms with Crippen molar-refractivity contribution in [1.82, 2.24) is 4.98 Å². The lowest BCUT2D eigenvalue weighted by atomic mass is 10.2. The van der Waals surface area contributed by atoms with Crippen molar-refractivity contribution in [2.45, 2.75) is 13.8 Å². The minimum atomic E-state index is -0.135. The summed E-state index contributed by atoms with van der Waals surface area (Å²) in [7, 11) is 0.